The van der Waals surface area contributed by atoms with Crippen LogP contribution in [-0.4, -0.2) is 10.2 Å². The molecule has 0 saturated heterocycles. The van der Waals surface area contributed by atoms with Crippen molar-refractivity contribution in [1.82, 2.24) is 10.2 Å². The van der Waals surface area contributed by atoms with Gasteiger partial charge in [0.05, 0.1) is 11.6 Å². The van der Waals surface area contributed by atoms with E-state index in [9.17, 15) is 0 Å². The lowest BCUT2D eigenvalue weighted by Crippen LogP contribution is -1.76. The van der Waals surface area contributed by atoms with Crippen LogP contribution in [0, 0.1) is 3.57 Å². The monoisotopic (exact) mass is 292 g/mol. The molecule has 12 heavy (non-hydrogen) atoms. The van der Waals surface area contributed by atoms with E-state index >= 15 is 0 Å². The molecule has 62 valence electrons. The van der Waals surface area contributed by atoms with Gasteiger partial charge in [0.1, 0.15) is 5.52 Å². The number of aromatic nitrogens is 2. The summed E-state index contributed by atoms with van der Waals surface area (Å²) in [6.45, 7) is 0. The van der Waals surface area contributed by atoms with Crippen molar-refractivity contribution in [1.29, 1.82) is 0 Å². The van der Waals surface area contributed by atoms with E-state index in [2.05, 4.69) is 32.8 Å². The molecule has 2 aromatic rings. The zero-order valence-electron chi connectivity index (χ0n) is 6.14. The van der Waals surface area contributed by atoms with Gasteiger partial charge in [-0.25, -0.2) is 0 Å². The number of nitrogens with zero attached hydrogens (tertiary/aromatic N) is 1. The number of hydrogen-bond acceptors (Lipinski definition) is 1. The molecule has 1 aromatic carbocycles. The van der Waals surface area contributed by atoms with Crippen LogP contribution in [0.15, 0.2) is 18.2 Å². The SMILES string of the molecule is ClCc1[nH]nc2c(I)cccc12. The van der Waals surface area contributed by atoms with Gasteiger partial charge in [-0.3, -0.25) is 5.10 Å². The Morgan fingerprint density at radius 1 is 1.50 bits per heavy atom. The predicted octanol–water partition coefficient (Wildman–Crippen LogP) is 2.91. The smallest absolute Gasteiger partial charge is 0.106 e. The molecule has 0 saturated carbocycles. The average Bonchev–Trinajstić information content (AvgIpc) is 2.49. The average molecular weight is 293 g/mol. The Morgan fingerprint density at radius 2 is 2.33 bits per heavy atom. The zero-order valence-corrected chi connectivity index (χ0v) is 9.06. The van der Waals surface area contributed by atoms with Crippen molar-refractivity contribution in [2.75, 3.05) is 0 Å². The van der Waals surface area contributed by atoms with Crippen molar-refractivity contribution in [2.45, 2.75) is 5.88 Å². The number of H-pyrrole nitrogens is 1. The molecule has 0 amide bonds. The summed E-state index contributed by atoms with van der Waals surface area (Å²) >= 11 is 7.99. The first-order chi connectivity index (χ1) is 5.83. The predicted molar refractivity (Wildman–Crippen MR) is 58.4 cm³/mol. The van der Waals surface area contributed by atoms with E-state index in [1.165, 1.54) is 0 Å². The van der Waals surface area contributed by atoms with E-state index in [4.69, 9.17) is 11.6 Å². The summed E-state index contributed by atoms with van der Waals surface area (Å²) in [6, 6.07) is 6.07. The van der Waals surface area contributed by atoms with E-state index < -0.39 is 0 Å². The third-order valence-electron chi connectivity index (χ3n) is 1.75. The number of hydrogen-bond donors (Lipinski definition) is 1. The van der Waals surface area contributed by atoms with Crippen molar-refractivity contribution in [3.8, 4) is 0 Å². The third-order valence-corrected chi connectivity index (χ3v) is 2.89. The molecule has 0 aliphatic carbocycles. The van der Waals surface area contributed by atoms with E-state index in [0.29, 0.717) is 5.88 Å². The van der Waals surface area contributed by atoms with Gasteiger partial charge in [0.2, 0.25) is 0 Å². The van der Waals surface area contributed by atoms with Gasteiger partial charge < -0.3 is 0 Å². The van der Waals surface area contributed by atoms with Gasteiger partial charge in [-0.2, -0.15) is 5.10 Å². The van der Waals surface area contributed by atoms with Gasteiger partial charge in [-0.15, -0.1) is 11.6 Å². The molecule has 2 nitrogen and oxygen atoms in total. The fourth-order valence-corrected chi connectivity index (χ4v) is 1.98. The van der Waals surface area contributed by atoms with Crippen LogP contribution in [0.5, 0.6) is 0 Å². The maximum absolute atomic E-state index is 5.73. The molecule has 1 N–H and O–H groups in total. The Balaban J connectivity index is 2.80. The highest BCUT2D eigenvalue weighted by atomic mass is 127. The molecular weight excluding hydrogens is 286 g/mol. The second-order valence-corrected chi connectivity index (χ2v) is 3.90. The van der Waals surface area contributed by atoms with Crippen molar-refractivity contribution in [3.05, 3.63) is 27.5 Å². The lowest BCUT2D eigenvalue weighted by atomic mass is 10.2. The lowest BCUT2D eigenvalue weighted by molar-refractivity contribution is 1.05. The molecule has 0 spiro atoms. The molecule has 4 heteroatoms. The summed E-state index contributed by atoms with van der Waals surface area (Å²) in [5, 5.41) is 8.21. The Hall–Kier alpha value is -0.290. The largest absolute Gasteiger partial charge is 0.280 e. The lowest BCUT2D eigenvalue weighted by Gasteiger charge is -1.91. The first-order valence-corrected chi connectivity index (χ1v) is 5.11. The highest BCUT2D eigenvalue weighted by Crippen LogP contribution is 2.21. The summed E-state index contributed by atoms with van der Waals surface area (Å²) in [7, 11) is 0. The number of aromatic amines is 1. The minimum absolute atomic E-state index is 0.483. The quantitative estimate of drug-likeness (QED) is 0.635. The molecule has 0 atom stereocenters. The van der Waals surface area contributed by atoms with E-state index in [0.717, 1.165) is 20.2 Å². The molecular formula is C8H6ClIN2. The molecule has 0 aliphatic rings. The Bertz CT molecular complexity index is 410. The van der Waals surface area contributed by atoms with Crippen molar-refractivity contribution in [3.63, 3.8) is 0 Å². The Kier molecular flexibility index (Phi) is 2.23. The number of para-hydroxylation sites is 1. The summed E-state index contributed by atoms with van der Waals surface area (Å²) in [5.41, 5.74) is 2.00. The van der Waals surface area contributed by atoms with Crippen LogP contribution >= 0.6 is 34.2 Å². The van der Waals surface area contributed by atoms with Gasteiger partial charge in [-0.1, -0.05) is 12.1 Å². The van der Waals surface area contributed by atoms with Crippen molar-refractivity contribution >= 4 is 45.1 Å². The third kappa shape index (κ3) is 1.21. The Morgan fingerprint density at radius 3 is 3.08 bits per heavy atom. The maximum Gasteiger partial charge on any atom is 0.106 e. The summed E-state index contributed by atoms with van der Waals surface area (Å²) in [6.07, 6.45) is 0. The fourth-order valence-electron chi connectivity index (χ4n) is 1.16. The molecule has 0 aliphatic heterocycles. The first kappa shape index (κ1) is 8.31. The molecule has 1 aromatic heterocycles. The zero-order chi connectivity index (χ0) is 8.55. The van der Waals surface area contributed by atoms with Crippen LogP contribution in [0.3, 0.4) is 0 Å². The standard InChI is InChI=1S/C8H6ClIN2/c9-4-7-5-2-1-3-6(10)8(5)12-11-7/h1-3H,4H2,(H,11,12). The highest BCUT2D eigenvalue weighted by molar-refractivity contribution is 14.1. The van der Waals surface area contributed by atoms with Gasteiger partial charge in [0, 0.05) is 8.96 Å². The van der Waals surface area contributed by atoms with Crippen molar-refractivity contribution < 1.29 is 0 Å². The van der Waals surface area contributed by atoms with Gasteiger partial charge in [-0.05, 0) is 28.7 Å². The van der Waals surface area contributed by atoms with Crippen LogP contribution < -0.4 is 0 Å². The molecule has 0 bridgehead atoms. The van der Waals surface area contributed by atoms with Crippen LogP contribution in [0.2, 0.25) is 0 Å². The number of benzene rings is 1. The van der Waals surface area contributed by atoms with E-state index in [1.807, 2.05) is 18.2 Å². The number of nitrogens with one attached hydrogen (secondary N) is 1. The number of fused-ring (bicyclic) bond motifs is 1. The highest BCUT2D eigenvalue weighted by Gasteiger charge is 2.05. The van der Waals surface area contributed by atoms with E-state index in [1.54, 1.807) is 0 Å². The van der Waals surface area contributed by atoms with Crippen molar-refractivity contribution in [2.24, 2.45) is 0 Å². The number of alkyl halides is 1. The topological polar surface area (TPSA) is 28.7 Å². The molecule has 0 radical (unpaired) electrons. The summed E-state index contributed by atoms with van der Waals surface area (Å²) in [5.74, 6) is 0.483. The van der Waals surface area contributed by atoms with Gasteiger partial charge >= 0.3 is 0 Å². The molecule has 1 heterocycles. The summed E-state index contributed by atoms with van der Waals surface area (Å²) < 4.78 is 1.15. The van der Waals surface area contributed by atoms with Crippen LogP contribution in [-0.2, 0) is 5.88 Å². The van der Waals surface area contributed by atoms with Crippen LogP contribution in [0.25, 0.3) is 10.9 Å². The van der Waals surface area contributed by atoms with E-state index in [-0.39, 0.29) is 0 Å². The van der Waals surface area contributed by atoms with Crippen LogP contribution in [0.1, 0.15) is 5.69 Å². The van der Waals surface area contributed by atoms with Crippen LogP contribution in [0.4, 0.5) is 0 Å². The molecule has 0 unspecified atom stereocenters. The first-order valence-electron chi connectivity index (χ1n) is 3.50. The fraction of sp³-hybridized carbons (Fsp3) is 0.125. The summed E-state index contributed by atoms with van der Waals surface area (Å²) in [4.78, 5) is 0. The van der Waals surface area contributed by atoms with Gasteiger partial charge in [0.15, 0.2) is 0 Å². The number of halogens is 2. The minimum Gasteiger partial charge on any atom is -0.280 e. The minimum atomic E-state index is 0.483. The maximum atomic E-state index is 5.73. The number of rotatable bonds is 1. The Labute approximate surface area is 88.4 Å². The second kappa shape index (κ2) is 3.22. The van der Waals surface area contributed by atoms with Gasteiger partial charge in [0.25, 0.3) is 0 Å². The molecule has 2 rings (SSSR count). The molecule has 0 fully saturated rings. The normalized spacial score (nSPS) is 10.8. The second-order valence-electron chi connectivity index (χ2n) is 2.47.